The van der Waals surface area contributed by atoms with Crippen molar-refractivity contribution >= 4 is 33.4 Å². The Morgan fingerprint density at radius 1 is 0.939 bits per heavy atom. The van der Waals surface area contributed by atoms with Crippen LogP contribution in [0.25, 0.3) is 0 Å². The summed E-state index contributed by atoms with van der Waals surface area (Å²) in [6, 6.07) is 20.3. The average Bonchev–Trinajstić information content (AvgIpc) is 2.83. The third-order valence-electron chi connectivity index (χ3n) is 4.84. The number of thioether (sulfide) groups is 1. The molecule has 0 heterocycles. The molecule has 0 aliphatic heterocycles. The van der Waals surface area contributed by atoms with E-state index in [4.69, 9.17) is 9.47 Å². The number of amides is 1. The molecule has 9 heteroatoms. The van der Waals surface area contributed by atoms with Gasteiger partial charge < -0.3 is 14.8 Å². The second kappa shape index (κ2) is 11.1. The van der Waals surface area contributed by atoms with Gasteiger partial charge in [0.15, 0.2) is 6.61 Å². The molecule has 1 atom stereocenters. The maximum Gasteiger partial charge on any atom is 0.261 e. The highest BCUT2D eigenvalue weighted by Gasteiger charge is 2.15. The first kappa shape index (κ1) is 24.5. The Bertz CT molecular complexity index is 1160. The highest BCUT2D eigenvalue weighted by molar-refractivity contribution is 7.98. The highest BCUT2D eigenvalue weighted by Crippen LogP contribution is 2.22. The molecule has 3 aromatic carbocycles. The lowest BCUT2D eigenvalue weighted by Gasteiger charge is -2.15. The molecule has 174 valence electrons. The van der Waals surface area contributed by atoms with E-state index in [9.17, 15) is 13.2 Å². The highest BCUT2D eigenvalue weighted by atomic mass is 32.2. The van der Waals surface area contributed by atoms with Crippen LogP contribution in [0.15, 0.2) is 82.6 Å². The van der Waals surface area contributed by atoms with E-state index in [1.807, 2.05) is 37.4 Å². The van der Waals surface area contributed by atoms with Gasteiger partial charge in [-0.05, 0) is 79.4 Å². The van der Waals surface area contributed by atoms with Crippen molar-refractivity contribution in [2.45, 2.75) is 22.8 Å². The van der Waals surface area contributed by atoms with Gasteiger partial charge in [0.25, 0.3) is 15.9 Å². The lowest BCUT2D eigenvalue weighted by molar-refractivity contribution is -0.123. The van der Waals surface area contributed by atoms with Crippen molar-refractivity contribution in [2.24, 2.45) is 0 Å². The van der Waals surface area contributed by atoms with E-state index in [1.54, 1.807) is 36.0 Å². The van der Waals surface area contributed by atoms with E-state index < -0.39 is 10.0 Å². The summed E-state index contributed by atoms with van der Waals surface area (Å²) in [5.74, 6) is 0.756. The van der Waals surface area contributed by atoms with Gasteiger partial charge in [0.05, 0.1) is 18.0 Å². The minimum atomic E-state index is -3.76. The zero-order chi connectivity index (χ0) is 23.8. The predicted molar refractivity (Wildman–Crippen MR) is 131 cm³/mol. The van der Waals surface area contributed by atoms with E-state index in [0.29, 0.717) is 17.2 Å². The van der Waals surface area contributed by atoms with Crippen molar-refractivity contribution in [3.63, 3.8) is 0 Å². The van der Waals surface area contributed by atoms with Crippen molar-refractivity contribution < 1.29 is 22.7 Å². The summed E-state index contributed by atoms with van der Waals surface area (Å²) in [6.45, 7) is 1.73. The number of ether oxygens (including phenoxy) is 2. The Morgan fingerprint density at radius 3 is 2.12 bits per heavy atom. The van der Waals surface area contributed by atoms with Gasteiger partial charge in [0, 0.05) is 10.6 Å². The number of benzene rings is 3. The molecule has 0 radical (unpaired) electrons. The number of rotatable bonds is 10. The first-order valence-electron chi connectivity index (χ1n) is 10.1. The molecule has 1 amide bonds. The Balaban J connectivity index is 1.53. The molecule has 0 aliphatic rings. The van der Waals surface area contributed by atoms with Crippen molar-refractivity contribution in [1.29, 1.82) is 0 Å². The van der Waals surface area contributed by atoms with Gasteiger partial charge in [-0.2, -0.15) is 0 Å². The van der Waals surface area contributed by atoms with E-state index in [2.05, 4.69) is 10.0 Å². The van der Waals surface area contributed by atoms with Crippen LogP contribution in [0, 0.1) is 0 Å². The second-order valence-electron chi connectivity index (χ2n) is 7.16. The molecule has 33 heavy (non-hydrogen) atoms. The van der Waals surface area contributed by atoms with Crippen molar-refractivity contribution in [2.75, 3.05) is 24.7 Å². The molecule has 0 bridgehead atoms. The first-order chi connectivity index (χ1) is 15.8. The number of hydrogen-bond acceptors (Lipinski definition) is 6. The van der Waals surface area contributed by atoms with Gasteiger partial charge in [-0.3, -0.25) is 9.52 Å². The number of nitrogens with one attached hydrogen (secondary N) is 2. The van der Waals surface area contributed by atoms with Gasteiger partial charge in [0.2, 0.25) is 0 Å². The van der Waals surface area contributed by atoms with E-state index in [-0.39, 0.29) is 23.5 Å². The number of hydrogen-bond donors (Lipinski definition) is 2. The zero-order valence-corrected chi connectivity index (χ0v) is 20.2. The summed E-state index contributed by atoms with van der Waals surface area (Å²) >= 11 is 1.66. The number of sulfonamides is 1. The molecule has 2 N–H and O–H groups in total. The fraction of sp³-hybridized carbons (Fsp3) is 0.208. The summed E-state index contributed by atoms with van der Waals surface area (Å²) in [5, 5.41) is 2.89. The number of carbonyl (C=O) groups excluding carboxylic acids is 1. The van der Waals surface area contributed by atoms with Gasteiger partial charge in [-0.25, -0.2) is 8.42 Å². The SMILES string of the molecule is COc1ccc(NS(=O)(=O)c2ccc(OCC(=O)NC(C)c3ccc(SC)cc3)cc2)cc1. The van der Waals surface area contributed by atoms with Crippen molar-refractivity contribution in [3.05, 3.63) is 78.4 Å². The topological polar surface area (TPSA) is 93.7 Å². The molecule has 0 aliphatic carbocycles. The van der Waals surface area contributed by atoms with Gasteiger partial charge >= 0.3 is 0 Å². The van der Waals surface area contributed by atoms with Crippen LogP contribution in [0.4, 0.5) is 5.69 Å². The van der Waals surface area contributed by atoms with Gasteiger partial charge in [-0.15, -0.1) is 11.8 Å². The summed E-state index contributed by atoms with van der Waals surface area (Å²) in [7, 11) is -2.22. The number of anilines is 1. The van der Waals surface area contributed by atoms with Crippen LogP contribution in [0.3, 0.4) is 0 Å². The van der Waals surface area contributed by atoms with E-state index in [0.717, 1.165) is 10.5 Å². The van der Waals surface area contributed by atoms with Gasteiger partial charge in [0.1, 0.15) is 11.5 Å². The summed E-state index contributed by atoms with van der Waals surface area (Å²) in [5.41, 5.74) is 1.42. The summed E-state index contributed by atoms with van der Waals surface area (Å²) < 4.78 is 38.2. The maximum atomic E-state index is 12.6. The zero-order valence-electron chi connectivity index (χ0n) is 18.6. The van der Waals surface area contributed by atoms with Crippen LogP contribution in [-0.2, 0) is 14.8 Å². The molecular weight excluding hydrogens is 460 g/mol. The Morgan fingerprint density at radius 2 is 1.55 bits per heavy atom. The average molecular weight is 487 g/mol. The normalized spacial score (nSPS) is 12.0. The molecule has 7 nitrogen and oxygen atoms in total. The molecule has 1 unspecified atom stereocenters. The minimum Gasteiger partial charge on any atom is -0.497 e. The fourth-order valence-corrected chi connectivity index (χ4v) is 4.46. The number of carbonyl (C=O) groups is 1. The van der Waals surface area contributed by atoms with Crippen LogP contribution in [0.1, 0.15) is 18.5 Å². The quantitative estimate of drug-likeness (QED) is 0.411. The Labute approximate surface area is 198 Å². The third-order valence-corrected chi connectivity index (χ3v) is 6.98. The monoisotopic (exact) mass is 486 g/mol. The maximum absolute atomic E-state index is 12.6. The number of methoxy groups -OCH3 is 1. The lowest BCUT2D eigenvalue weighted by Crippen LogP contribution is -2.31. The van der Waals surface area contributed by atoms with Crippen LogP contribution in [0.5, 0.6) is 11.5 Å². The largest absolute Gasteiger partial charge is 0.497 e. The summed E-state index contributed by atoms with van der Waals surface area (Å²) in [4.78, 5) is 13.5. The van der Waals surface area contributed by atoms with Crippen molar-refractivity contribution in [3.8, 4) is 11.5 Å². The van der Waals surface area contributed by atoms with Crippen LogP contribution >= 0.6 is 11.8 Å². The standard InChI is InChI=1S/C24H26N2O5S2/c1-17(18-4-12-22(32-3)13-5-18)25-24(27)16-31-21-10-14-23(15-11-21)33(28,29)26-19-6-8-20(30-2)9-7-19/h4-15,17,26H,16H2,1-3H3,(H,25,27). The van der Waals surface area contributed by atoms with Crippen LogP contribution < -0.4 is 19.5 Å². The Hall–Kier alpha value is -3.17. The van der Waals surface area contributed by atoms with Crippen molar-refractivity contribution in [1.82, 2.24) is 5.32 Å². The van der Waals surface area contributed by atoms with Crippen LogP contribution in [0.2, 0.25) is 0 Å². The molecule has 0 fully saturated rings. The second-order valence-corrected chi connectivity index (χ2v) is 9.72. The predicted octanol–water partition coefficient (Wildman–Crippen LogP) is 4.47. The molecule has 0 aromatic heterocycles. The molecule has 0 spiro atoms. The first-order valence-corrected chi connectivity index (χ1v) is 12.8. The third kappa shape index (κ3) is 6.90. The molecule has 3 rings (SSSR count). The lowest BCUT2D eigenvalue weighted by atomic mass is 10.1. The minimum absolute atomic E-state index is 0.0810. The molecule has 0 saturated heterocycles. The smallest absolute Gasteiger partial charge is 0.261 e. The molecule has 0 saturated carbocycles. The molecule has 3 aromatic rings. The van der Waals surface area contributed by atoms with Crippen LogP contribution in [-0.4, -0.2) is 34.3 Å². The van der Waals surface area contributed by atoms with E-state index >= 15 is 0 Å². The fourth-order valence-electron chi connectivity index (χ4n) is 3.00. The van der Waals surface area contributed by atoms with E-state index in [1.165, 1.54) is 31.4 Å². The Kier molecular flexibility index (Phi) is 8.24. The van der Waals surface area contributed by atoms with Gasteiger partial charge in [-0.1, -0.05) is 12.1 Å². The summed E-state index contributed by atoms with van der Waals surface area (Å²) in [6.07, 6.45) is 2.01. The molecular formula is C24H26N2O5S2.